The van der Waals surface area contributed by atoms with Gasteiger partial charge in [0.15, 0.2) is 0 Å². The summed E-state index contributed by atoms with van der Waals surface area (Å²) in [5.41, 5.74) is 0.807. The molecule has 0 aromatic carbocycles. The SMILES string of the molecule is CCCNc1ccncc1C(=O)N1CCC(C)(O)CC1. The number of hydrogen-bond donors (Lipinski definition) is 2. The first-order valence-corrected chi connectivity index (χ1v) is 7.23. The Labute approximate surface area is 120 Å². The van der Waals surface area contributed by atoms with Crippen molar-refractivity contribution in [3.8, 4) is 0 Å². The molecular weight excluding hydrogens is 254 g/mol. The van der Waals surface area contributed by atoms with Gasteiger partial charge in [-0.1, -0.05) is 6.92 Å². The van der Waals surface area contributed by atoms with E-state index in [-0.39, 0.29) is 5.91 Å². The van der Waals surface area contributed by atoms with Gasteiger partial charge in [0.05, 0.1) is 16.9 Å². The highest BCUT2D eigenvalue weighted by Gasteiger charge is 2.30. The minimum absolute atomic E-state index is 0.00722. The molecule has 1 fully saturated rings. The molecule has 0 unspecified atom stereocenters. The Kier molecular flexibility index (Phi) is 4.60. The summed E-state index contributed by atoms with van der Waals surface area (Å²) in [6.07, 6.45) is 5.55. The van der Waals surface area contributed by atoms with Crippen LogP contribution in [0.1, 0.15) is 43.5 Å². The van der Waals surface area contributed by atoms with E-state index in [0.717, 1.165) is 18.7 Å². The lowest BCUT2D eigenvalue weighted by molar-refractivity contribution is -0.00200. The van der Waals surface area contributed by atoms with Gasteiger partial charge in [0.1, 0.15) is 0 Å². The van der Waals surface area contributed by atoms with Crippen molar-refractivity contribution in [3.63, 3.8) is 0 Å². The van der Waals surface area contributed by atoms with Crippen LogP contribution in [0.25, 0.3) is 0 Å². The predicted molar refractivity (Wildman–Crippen MR) is 78.8 cm³/mol. The summed E-state index contributed by atoms with van der Waals surface area (Å²) in [6.45, 7) is 5.93. The molecular formula is C15H23N3O2. The zero-order chi connectivity index (χ0) is 14.6. The third kappa shape index (κ3) is 3.48. The number of nitrogens with zero attached hydrogens (tertiary/aromatic N) is 2. The van der Waals surface area contributed by atoms with Gasteiger partial charge in [0.25, 0.3) is 5.91 Å². The number of carbonyl (C=O) groups is 1. The summed E-state index contributed by atoms with van der Waals surface area (Å²) < 4.78 is 0. The van der Waals surface area contributed by atoms with Crippen molar-refractivity contribution >= 4 is 11.6 Å². The minimum atomic E-state index is -0.644. The van der Waals surface area contributed by atoms with Crippen molar-refractivity contribution < 1.29 is 9.90 Å². The summed E-state index contributed by atoms with van der Waals surface area (Å²) in [5, 5.41) is 13.2. The van der Waals surface area contributed by atoms with E-state index in [1.165, 1.54) is 0 Å². The Morgan fingerprint density at radius 1 is 1.50 bits per heavy atom. The minimum Gasteiger partial charge on any atom is -0.390 e. The Hall–Kier alpha value is -1.62. The zero-order valence-electron chi connectivity index (χ0n) is 12.2. The Balaban J connectivity index is 2.09. The molecule has 5 heteroatoms. The highest BCUT2D eigenvalue weighted by atomic mass is 16.3. The first kappa shape index (κ1) is 14.8. The maximum absolute atomic E-state index is 12.6. The van der Waals surface area contributed by atoms with E-state index >= 15 is 0 Å². The molecule has 0 spiro atoms. The van der Waals surface area contributed by atoms with Crippen molar-refractivity contribution in [3.05, 3.63) is 24.0 Å². The highest BCUT2D eigenvalue weighted by Crippen LogP contribution is 2.24. The number of likely N-dealkylation sites (tertiary alicyclic amines) is 1. The number of aliphatic hydroxyl groups is 1. The number of carbonyl (C=O) groups excluding carboxylic acids is 1. The van der Waals surface area contributed by atoms with Gasteiger partial charge in [-0.15, -0.1) is 0 Å². The third-order valence-corrected chi connectivity index (χ3v) is 3.74. The van der Waals surface area contributed by atoms with Crippen LogP contribution in [0.3, 0.4) is 0 Å². The second-order valence-electron chi connectivity index (χ2n) is 5.64. The molecule has 2 rings (SSSR count). The summed E-state index contributed by atoms with van der Waals surface area (Å²) >= 11 is 0. The quantitative estimate of drug-likeness (QED) is 0.882. The molecule has 110 valence electrons. The fourth-order valence-electron chi connectivity index (χ4n) is 2.34. The van der Waals surface area contributed by atoms with Gasteiger partial charge in [0.2, 0.25) is 0 Å². The molecule has 0 radical (unpaired) electrons. The largest absolute Gasteiger partial charge is 0.390 e. The summed E-state index contributed by atoms with van der Waals surface area (Å²) in [5.74, 6) is -0.00722. The van der Waals surface area contributed by atoms with E-state index < -0.39 is 5.60 Å². The second-order valence-corrected chi connectivity index (χ2v) is 5.64. The van der Waals surface area contributed by atoms with Crippen LogP contribution < -0.4 is 5.32 Å². The van der Waals surface area contributed by atoms with Gasteiger partial charge in [-0.05, 0) is 32.3 Å². The van der Waals surface area contributed by atoms with Gasteiger partial charge in [-0.2, -0.15) is 0 Å². The van der Waals surface area contributed by atoms with Crippen LogP contribution in [0.4, 0.5) is 5.69 Å². The number of anilines is 1. The molecule has 20 heavy (non-hydrogen) atoms. The number of nitrogens with one attached hydrogen (secondary N) is 1. The van der Waals surface area contributed by atoms with Crippen LogP contribution >= 0.6 is 0 Å². The van der Waals surface area contributed by atoms with Crippen LogP contribution in [0.15, 0.2) is 18.5 Å². The molecule has 5 nitrogen and oxygen atoms in total. The maximum atomic E-state index is 12.6. The number of pyridine rings is 1. The lowest BCUT2D eigenvalue weighted by Crippen LogP contribution is -2.45. The van der Waals surface area contributed by atoms with Crippen LogP contribution in [0.2, 0.25) is 0 Å². The van der Waals surface area contributed by atoms with Gasteiger partial charge < -0.3 is 15.3 Å². The third-order valence-electron chi connectivity index (χ3n) is 3.74. The van der Waals surface area contributed by atoms with Gasteiger partial charge >= 0.3 is 0 Å². The van der Waals surface area contributed by atoms with E-state index in [1.54, 1.807) is 17.3 Å². The molecule has 0 atom stereocenters. The predicted octanol–water partition coefficient (Wildman–Crippen LogP) is 1.89. The molecule has 1 amide bonds. The number of amides is 1. The van der Waals surface area contributed by atoms with Crippen molar-refractivity contribution in [2.24, 2.45) is 0 Å². The number of rotatable bonds is 4. The fraction of sp³-hybridized carbons (Fsp3) is 0.600. The van der Waals surface area contributed by atoms with Crippen LogP contribution in [0, 0.1) is 0 Å². The topological polar surface area (TPSA) is 65.5 Å². The first-order valence-electron chi connectivity index (χ1n) is 7.23. The average molecular weight is 277 g/mol. The Morgan fingerprint density at radius 2 is 2.20 bits per heavy atom. The molecule has 2 heterocycles. The summed E-state index contributed by atoms with van der Waals surface area (Å²) in [6, 6.07) is 1.84. The highest BCUT2D eigenvalue weighted by molar-refractivity contribution is 5.99. The van der Waals surface area contributed by atoms with E-state index in [0.29, 0.717) is 31.5 Å². The Morgan fingerprint density at radius 3 is 2.85 bits per heavy atom. The smallest absolute Gasteiger partial charge is 0.257 e. The van der Waals surface area contributed by atoms with E-state index in [9.17, 15) is 9.90 Å². The van der Waals surface area contributed by atoms with Crippen molar-refractivity contribution in [1.29, 1.82) is 0 Å². The molecule has 0 bridgehead atoms. The molecule has 1 saturated heterocycles. The number of aromatic nitrogens is 1. The molecule has 0 saturated carbocycles. The van der Waals surface area contributed by atoms with Gasteiger partial charge in [-0.3, -0.25) is 9.78 Å². The maximum Gasteiger partial charge on any atom is 0.257 e. The molecule has 1 aromatic rings. The molecule has 1 aliphatic heterocycles. The van der Waals surface area contributed by atoms with Crippen molar-refractivity contribution in [1.82, 2.24) is 9.88 Å². The normalized spacial score (nSPS) is 17.9. The summed E-state index contributed by atoms with van der Waals surface area (Å²) in [4.78, 5) is 18.4. The van der Waals surface area contributed by atoms with Crippen molar-refractivity contribution in [2.45, 2.75) is 38.7 Å². The van der Waals surface area contributed by atoms with E-state index in [2.05, 4.69) is 17.2 Å². The second kappa shape index (κ2) is 6.22. The van der Waals surface area contributed by atoms with Crippen LogP contribution in [0.5, 0.6) is 0 Å². The number of piperidine rings is 1. The average Bonchev–Trinajstić information content (AvgIpc) is 2.45. The van der Waals surface area contributed by atoms with E-state index in [1.807, 2.05) is 13.0 Å². The lowest BCUT2D eigenvalue weighted by Gasteiger charge is -2.36. The van der Waals surface area contributed by atoms with Gasteiger partial charge in [-0.25, -0.2) is 0 Å². The van der Waals surface area contributed by atoms with Gasteiger partial charge in [0, 0.05) is 32.0 Å². The lowest BCUT2D eigenvalue weighted by atomic mass is 9.93. The standard InChI is InChI=1S/C15H23N3O2/c1-3-7-17-13-4-8-16-11-12(13)14(19)18-9-5-15(2,20)6-10-18/h4,8,11,20H,3,5-7,9-10H2,1-2H3,(H,16,17). The van der Waals surface area contributed by atoms with Crippen LogP contribution in [-0.4, -0.2) is 46.1 Å². The monoisotopic (exact) mass is 277 g/mol. The fourth-order valence-corrected chi connectivity index (χ4v) is 2.34. The zero-order valence-corrected chi connectivity index (χ0v) is 12.2. The molecule has 1 aromatic heterocycles. The molecule has 1 aliphatic rings. The first-order chi connectivity index (χ1) is 9.53. The Bertz CT molecular complexity index is 464. The van der Waals surface area contributed by atoms with Crippen LogP contribution in [-0.2, 0) is 0 Å². The molecule has 0 aliphatic carbocycles. The molecule has 2 N–H and O–H groups in total. The summed E-state index contributed by atoms with van der Waals surface area (Å²) in [7, 11) is 0. The number of hydrogen-bond acceptors (Lipinski definition) is 4. The van der Waals surface area contributed by atoms with E-state index in [4.69, 9.17) is 0 Å². The van der Waals surface area contributed by atoms with Crippen molar-refractivity contribution in [2.75, 3.05) is 25.0 Å².